The molecule has 0 unspecified atom stereocenters. The van der Waals surface area contributed by atoms with Crippen molar-refractivity contribution in [3.05, 3.63) is 77.7 Å². The van der Waals surface area contributed by atoms with Crippen LogP contribution in [0.3, 0.4) is 0 Å². The van der Waals surface area contributed by atoms with Crippen LogP contribution in [0.2, 0.25) is 0 Å². The van der Waals surface area contributed by atoms with E-state index in [0.29, 0.717) is 12.2 Å². The standard InChI is InChI=1S/C23H24N2O5/c1-15(17-9-5-3-6-10-17)13-24-21(27)16(2)30-23(28)20-19(26)14-29-22(20)25-18-11-7-4-8-12-18/h3-12,15-16,25H,13-14H2,1-2H3,(H,24,27)/t15-,16+/m0/s1. The minimum Gasteiger partial charge on any atom is -0.470 e. The summed E-state index contributed by atoms with van der Waals surface area (Å²) in [4.78, 5) is 37.0. The smallest absolute Gasteiger partial charge is 0.348 e. The lowest BCUT2D eigenvalue weighted by Gasteiger charge is -2.17. The Morgan fingerprint density at radius 1 is 1.03 bits per heavy atom. The second-order valence-corrected chi connectivity index (χ2v) is 7.01. The summed E-state index contributed by atoms with van der Waals surface area (Å²) in [5.74, 6) is -1.69. The van der Waals surface area contributed by atoms with Gasteiger partial charge in [0.25, 0.3) is 5.91 Å². The van der Waals surface area contributed by atoms with Gasteiger partial charge in [0.2, 0.25) is 11.7 Å². The molecular weight excluding hydrogens is 384 g/mol. The number of hydrogen-bond acceptors (Lipinski definition) is 6. The molecule has 1 amide bonds. The van der Waals surface area contributed by atoms with Crippen LogP contribution in [0, 0.1) is 0 Å². The third-order valence-electron chi connectivity index (χ3n) is 4.69. The van der Waals surface area contributed by atoms with E-state index in [0.717, 1.165) is 5.56 Å². The predicted molar refractivity (Wildman–Crippen MR) is 111 cm³/mol. The van der Waals surface area contributed by atoms with Gasteiger partial charge in [0.15, 0.2) is 18.3 Å². The Balaban J connectivity index is 1.58. The van der Waals surface area contributed by atoms with Crippen molar-refractivity contribution in [1.29, 1.82) is 0 Å². The average molecular weight is 408 g/mol. The number of hydrogen-bond donors (Lipinski definition) is 2. The maximum Gasteiger partial charge on any atom is 0.348 e. The highest BCUT2D eigenvalue weighted by molar-refractivity contribution is 6.20. The maximum absolute atomic E-state index is 12.5. The minimum atomic E-state index is -1.06. The molecule has 0 aromatic heterocycles. The van der Waals surface area contributed by atoms with Crippen molar-refractivity contribution in [2.24, 2.45) is 0 Å². The molecule has 0 fully saturated rings. The Kier molecular flexibility index (Phi) is 6.85. The van der Waals surface area contributed by atoms with Crippen LogP contribution in [0.25, 0.3) is 0 Å². The number of carbonyl (C=O) groups excluding carboxylic acids is 3. The van der Waals surface area contributed by atoms with Crippen molar-refractivity contribution in [1.82, 2.24) is 5.32 Å². The molecule has 1 aliphatic rings. The second kappa shape index (κ2) is 9.73. The Labute approximate surface area is 175 Å². The van der Waals surface area contributed by atoms with E-state index in [-0.39, 0.29) is 24.0 Å². The number of amides is 1. The topological polar surface area (TPSA) is 93.7 Å². The molecule has 2 atom stereocenters. The SMILES string of the molecule is C[C@@H](OC(=O)C1=C(Nc2ccccc2)OCC1=O)C(=O)NC[C@H](C)c1ccccc1. The van der Waals surface area contributed by atoms with Crippen LogP contribution < -0.4 is 10.6 Å². The number of para-hydroxylation sites is 1. The summed E-state index contributed by atoms with van der Waals surface area (Å²) < 4.78 is 10.5. The van der Waals surface area contributed by atoms with Crippen LogP contribution in [0.5, 0.6) is 0 Å². The number of rotatable bonds is 8. The monoisotopic (exact) mass is 408 g/mol. The third-order valence-corrected chi connectivity index (χ3v) is 4.69. The van der Waals surface area contributed by atoms with Crippen LogP contribution in [-0.2, 0) is 23.9 Å². The molecule has 1 heterocycles. The second-order valence-electron chi connectivity index (χ2n) is 7.01. The molecule has 2 N–H and O–H groups in total. The van der Waals surface area contributed by atoms with E-state index in [9.17, 15) is 14.4 Å². The molecule has 3 rings (SSSR count). The first-order chi connectivity index (χ1) is 14.5. The van der Waals surface area contributed by atoms with E-state index in [4.69, 9.17) is 9.47 Å². The first kappa shape index (κ1) is 21.1. The zero-order chi connectivity index (χ0) is 21.5. The third kappa shape index (κ3) is 5.26. The number of nitrogens with one attached hydrogen (secondary N) is 2. The van der Waals surface area contributed by atoms with Gasteiger partial charge in [0.05, 0.1) is 0 Å². The number of benzene rings is 2. The van der Waals surface area contributed by atoms with Crippen LogP contribution >= 0.6 is 0 Å². The number of ketones is 1. The summed E-state index contributed by atoms with van der Waals surface area (Å²) in [6.45, 7) is 3.60. The molecule has 30 heavy (non-hydrogen) atoms. The van der Waals surface area contributed by atoms with Gasteiger partial charge in [-0.3, -0.25) is 9.59 Å². The van der Waals surface area contributed by atoms with Crippen LogP contribution in [0.15, 0.2) is 72.1 Å². The van der Waals surface area contributed by atoms with Crippen molar-refractivity contribution in [3.8, 4) is 0 Å². The summed E-state index contributed by atoms with van der Waals surface area (Å²) in [7, 11) is 0. The van der Waals surface area contributed by atoms with Crippen molar-refractivity contribution in [2.45, 2.75) is 25.9 Å². The summed E-state index contributed by atoms with van der Waals surface area (Å²) in [5, 5.41) is 5.67. The summed E-state index contributed by atoms with van der Waals surface area (Å²) in [6.07, 6.45) is -1.06. The lowest BCUT2D eigenvalue weighted by molar-refractivity contribution is -0.151. The predicted octanol–water partition coefficient (Wildman–Crippen LogP) is 2.76. The van der Waals surface area contributed by atoms with E-state index in [1.807, 2.05) is 43.3 Å². The number of ether oxygens (including phenoxy) is 2. The molecule has 2 aromatic rings. The molecule has 0 saturated heterocycles. The van der Waals surface area contributed by atoms with Gasteiger partial charge >= 0.3 is 5.97 Å². The molecule has 0 bridgehead atoms. The Hall–Kier alpha value is -3.61. The van der Waals surface area contributed by atoms with Crippen LogP contribution in [0.1, 0.15) is 25.3 Å². The molecule has 1 aliphatic heterocycles. The number of esters is 1. The van der Waals surface area contributed by atoms with Gasteiger partial charge in [0, 0.05) is 12.2 Å². The van der Waals surface area contributed by atoms with Crippen LogP contribution in [0.4, 0.5) is 5.69 Å². The van der Waals surface area contributed by atoms with Crippen molar-refractivity contribution in [3.63, 3.8) is 0 Å². The van der Waals surface area contributed by atoms with E-state index >= 15 is 0 Å². The molecular formula is C23H24N2O5. The van der Waals surface area contributed by atoms with E-state index in [1.165, 1.54) is 6.92 Å². The van der Waals surface area contributed by atoms with Gasteiger partial charge < -0.3 is 20.1 Å². The van der Waals surface area contributed by atoms with Gasteiger partial charge in [-0.1, -0.05) is 55.5 Å². The number of carbonyl (C=O) groups is 3. The molecule has 2 aromatic carbocycles. The van der Waals surface area contributed by atoms with Gasteiger partial charge in [-0.25, -0.2) is 4.79 Å². The van der Waals surface area contributed by atoms with E-state index < -0.39 is 23.8 Å². The Morgan fingerprint density at radius 3 is 2.33 bits per heavy atom. The number of Topliss-reactive ketones (excluding diaryl/α,β-unsaturated/α-hetero) is 1. The molecule has 0 radical (unpaired) electrons. The summed E-state index contributed by atoms with van der Waals surface area (Å²) in [5.41, 5.74) is 1.53. The molecule has 0 aliphatic carbocycles. The maximum atomic E-state index is 12.5. The van der Waals surface area contributed by atoms with Gasteiger partial charge in [-0.2, -0.15) is 0 Å². The highest BCUT2D eigenvalue weighted by Crippen LogP contribution is 2.21. The van der Waals surface area contributed by atoms with E-state index in [2.05, 4.69) is 10.6 Å². The Bertz CT molecular complexity index is 941. The van der Waals surface area contributed by atoms with Crippen molar-refractivity contribution >= 4 is 23.3 Å². The molecule has 0 saturated carbocycles. The Morgan fingerprint density at radius 2 is 1.67 bits per heavy atom. The van der Waals surface area contributed by atoms with Gasteiger partial charge in [0.1, 0.15) is 0 Å². The van der Waals surface area contributed by atoms with Crippen molar-refractivity contribution < 1.29 is 23.9 Å². The average Bonchev–Trinajstić information content (AvgIpc) is 3.12. The fourth-order valence-corrected chi connectivity index (χ4v) is 2.94. The van der Waals surface area contributed by atoms with Crippen molar-refractivity contribution in [2.75, 3.05) is 18.5 Å². The number of anilines is 1. The normalized spacial score (nSPS) is 15.2. The first-order valence-electron chi connectivity index (χ1n) is 9.71. The van der Waals surface area contributed by atoms with Gasteiger partial charge in [-0.05, 0) is 30.5 Å². The molecule has 7 heteroatoms. The summed E-state index contributed by atoms with van der Waals surface area (Å²) in [6, 6.07) is 18.8. The summed E-state index contributed by atoms with van der Waals surface area (Å²) >= 11 is 0. The van der Waals surface area contributed by atoms with Gasteiger partial charge in [-0.15, -0.1) is 0 Å². The highest BCUT2D eigenvalue weighted by atomic mass is 16.6. The molecule has 156 valence electrons. The first-order valence-corrected chi connectivity index (χ1v) is 9.71. The fourth-order valence-electron chi connectivity index (χ4n) is 2.94. The zero-order valence-electron chi connectivity index (χ0n) is 16.9. The molecule has 0 spiro atoms. The quantitative estimate of drug-likeness (QED) is 0.515. The van der Waals surface area contributed by atoms with E-state index in [1.54, 1.807) is 24.3 Å². The largest absolute Gasteiger partial charge is 0.470 e. The highest BCUT2D eigenvalue weighted by Gasteiger charge is 2.34. The lowest BCUT2D eigenvalue weighted by Crippen LogP contribution is -2.38. The minimum absolute atomic E-state index is 0.0292. The van der Waals surface area contributed by atoms with Crippen LogP contribution in [-0.4, -0.2) is 36.9 Å². The molecule has 7 nitrogen and oxygen atoms in total. The lowest BCUT2D eigenvalue weighted by atomic mass is 10.0. The zero-order valence-corrected chi connectivity index (χ0v) is 16.9. The fraction of sp³-hybridized carbons (Fsp3) is 0.261.